The highest BCUT2D eigenvalue weighted by molar-refractivity contribution is 5.97. The summed E-state index contributed by atoms with van der Waals surface area (Å²) in [4.78, 5) is 13.6. The summed E-state index contributed by atoms with van der Waals surface area (Å²) in [5.74, 6) is 0.0476. The second-order valence-corrected chi connectivity index (χ2v) is 4.44. The second kappa shape index (κ2) is 6.76. The van der Waals surface area contributed by atoms with Crippen molar-refractivity contribution >= 4 is 11.9 Å². The van der Waals surface area contributed by atoms with Crippen LogP contribution in [0.4, 0.5) is 4.79 Å². The van der Waals surface area contributed by atoms with Crippen molar-refractivity contribution in [3.05, 3.63) is 35.4 Å². The molecule has 1 aliphatic heterocycles. The Hall–Kier alpha value is -2.28. The number of oxime groups is 1. The number of amidine groups is 1. The molecule has 1 saturated heterocycles. The largest absolute Gasteiger partial charge is 0.409 e. The summed E-state index contributed by atoms with van der Waals surface area (Å²) in [6.45, 7) is 2.76. The molecule has 0 unspecified atom stereocenters. The Bertz CT molecular complexity index is 498. The monoisotopic (exact) mass is 278 g/mol. The lowest BCUT2D eigenvalue weighted by Gasteiger charge is -2.26. The van der Waals surface area contributed by atoms with E-state index in [1.54, 1.807) is 23.1 Å². The van der Waals surface area contributed by atoms with Crippen molar-refractivity contribution in [3.8, 4) is 0 Å². The number of amides is 2. The summed E-state index contributed by atoms with van der Waals surface area (Å²) >= 11 is 0. The van der Waals surface area contributed by atoms with Gasteiger partial charge in [-0.1, -0.05) is 23.4 Å². The molecular formula is C13H18N4O3. The van der Waals surface area contributed by atoms with Crippen LogP contribution in [0.3, 0.4) is 0 Å². The van der Waals surface area contributed by atoms with Gasteiger partial charge in [-0.15, -0.1) is 0 Å². The number of urea groups is 1. The van der Waals surface area contributed by atoms with E-state index in [0.717, 1.165) is 5.56 Å². The average Bonchev–Trinajstić information content (AvgIpc) is 2.53. The standard InChI is InChI=1S/C13H18N4O3/c14-12(16-19)11-3-1-2-10(8-11)9-15-13(18)17-4-6-20-7-5-17/h1-3,8,19H,4-7,9H2,(H2,14,16)(H,15,18). The molecule has 1 aromatic carbocycles. The van der Waals surface area contributed by atoms with E-state index in [1.165, 1.54) is 0 Å². The van der Waals surface area contributed by atoms with Gasteiger partial charge in [0, 0.05) is 25.2 Å². The summed E-state index contributed by atoms with van der Waals surface area (Å²) in [7, 11) is 0. The van der Waals surface area contributed by atoms with Gasteiger partial charge in [-0.25, -0.2) is 4.79 Å². The van der Waals surface area contributed by atoms with E-state index in [0.29, 0.717) is 38.4 Å². The SMILES string of the molecule is NC(=NO)c1cccc(CNC(=O)N2CCOCC2)c1. The molecule has 0 atom stereocenters. The molecule has 2 rings (SSSR count). The van der Waals surface area contributed by atoms with Crippen LogP contribution in [0, 0.1) is 0 Å². The average molecular weight is 278 g/mol. The molecule has 0 aromatic heterocycles. The molecule has 0 bridgehead atoms. The van der Waals surface area contributed by atoms with Crippen molar-refractivity contribution in [2.24, 2.45) is 10.9 Å². The molecule has 2 amide bonds. The number of nitrogens with zero attached hydrogens (tertiary/aromatic N) is 2. The fraction of sp³-hybridized carbons (Fsp3) is 0.385. The predicted octanol–water partition coefficient (Wildman–Crippen LogP) is 0.323. The molecule has 0 aliphatic carbocycles. The zero-order valence-electron chi connectivity index (χ0n) is 11.1. The van der Waals surface area contributed by atoms with Gasteiger partial charge in [0.15, 0.2) is 5.84 Å². The van der Waals surface area contributed by atoms with E-state index in [2.05, 4.69) is 10.5 Å². The van der Waals surface area contributed by atoms with Gasteiger partial charge in [-0.05, 0) is 11.6 Å². The van der Waals surface area contributed by atoms with Gasteiger partial charge >= 0.3 is 6.03 Å². The lowest BCUT2D eigenvalue weighted by Crippen LogP contribution is -2.45. The molecule has 0 spiro atoms. The third-order valence-corrected chi connectivity index (χ3v) is 3.07. The Kier molecular flexibility index (Phi) is 4.78. The Balaban J connectivity index is 1.91. The van der Waals surface area contributed by atoms with Gasteiger partial charge in [0.05, 0.1) is 13.2 Å². The molecule has 7 nitrogen and oxygen atoms in total. The molecule has 1 aliphatic rings. The molecular weight excluding hydrogens is 260 g/mol. The van der Waals surface area contributed by atoms with Crippen LogP contribution in [0.5, 0.6) is 0 Å². The third-order valence-electron chi connectivity index (χ3n) is 3.07. The van der Waals surface area contributed by atoms with E-state index in [1.807, 2.05) is 6.07 Å². The Morgan fingerprint density at radius 2 is 2.20 bits per heavy atom. The van der Waals surface area contributed by atoms with E-state index in [-0.39, 0.29) is 11.9 Å². The number of rotatable bonds is 3. The van der Waals surface area contributed by atoms with Gasteiger partial charge < -0.3 is 25.9 Å². The lowest BCUT2D eigenvalue weighted by molar-refractivity contribution is 0.0531. The summed E-state index contributed by atoms with van der Waals surface area (Å²) in [5.41, 5.74) is 7.03. The minimum atomic E-state index is -0.109. The molecule has 0 radical (unpaired) electrons. The Morgan fingerprint density at radius 3 is 2.90 bits per heavy atom. The number of benzene rings is 1. The minimum absolute atomic E-state index is 0.0476. The van der Waals surface area contributed by atoms with Crippen molar-refractivity contribution in [2.75, 3.05) is 26.3 Å². The van der Waals surface area contributed by atoms with Crippen molar-refractivity contribution in [3.63, 3.8) is 0 Å². The maximum absolute atomic E-state index is 11.9. The highest BCUT2D eigenvalue weighted by Crippen LogP contribution is 2.05. The second-order valence-electron chi connectivity index (χ2n) is 4.44. The highest BCUT2D eigenvalue weighted by atomic mass is 16.5. The molecule has 0 saturated carbocycles. The number of nitrogens with two attached hydrogens (primary N) is 1. The van der Waals surface area contributed by atoms with Crippen LogP contribution in [0.25, 0.3) is 0 Å². The van der Waals surface area contributed by atoms with Gasteiger partial charge in [0.25, 0.3) is 0 Å². The Labute approximate surface area is 117 Å². The van der Waals surface area contributed by atoms with Crippen LogP contribution in [-0.2, 0) is 11.3 Å². The van der Waals surface area contributed by atoms with Crippen molar-refractivity contribution < 1.29 is 14.7 Å². The number of ether oxygens (including phenoxy) is 1. The normalized spacial score (nSPS) is 16.0. The third kappa shape index (κ3) is 3.61. The van der Waals surface area contributed by atoms with Crippen molar-refractivity contribution in [2.45, 2.75) is 6.54 Å². The minimum Gasteiger partial charge on any atom is -0.409 e. The summed E-state index contributed by atoms with van der Waals surface area (Å²) in [6, 6.07) is 7.07. The van der Waals surface area contributed by atoms with Crippen molar-refractivity contribution in [1.29, 1.82) is 0 Å². The fourth-order valence-corrected chi connectivity index (χ4v) is 1.95. The van der Waals surface area contributed by atoms with Crippen LogP contribution in [0.15, 0.2) is 29.4 Å². The highest BCUT2D eigenvalue weighted by Gasteiger charge is 2.16. The predicted molar refractivity (Wildman–Crippen MR) is 73.6 cm³/mol. The van der Waals surface area contributed by atoms with Crippen LogP contribution in [-0.4, -0.2) is 48.3 Å². The smallest absolute Gasteiger partial charge is 0.317 e. The first-order valence-corrected chi connectivity index (χ1v) is 6.38. The molecule has 1 aromatic rings. The lowest BCUT2D eigenvalue weighted by atomic mass is 10.1. The summed E-state index contributed by atoms with van der Waals surface area (Å²) < 4.78 is 5.19. The van der Waals surface area contributed by atoms with Crippen LogP contribution in [0.1, 0.15) is 11.1 Å². The molecule has 1 fully saturated rings. The first-order chi connectivity index (χ1) is 9.70. The number of morpholine rings is 1. The fourth-order valence-electron chi connectivity index (χ4n) is 1.95. The van der Waals surface area contributed by atoms with E-state index < -0.39 is 0 Å². The first-order valence-electron chi connectivity index (χ1n) is 6.38. The molecule has 108 valence electrons. The maximum Gasteiger partial charge on any atom is 0.317 e. The van der Waals surface area contributed by atoms with Gasteiger partial charge in [-0.2, -0.15) is 0 Å². The quantitative estimate of drug-likeness (QED) is 0.321. The zero-order chi connectivity index (χ0) is 14.4. The zero-order valence-corrected chi connectivity index (χ0v) is 11.1. The van der Waals surface area contributed by atoms with Crippen LogP contribution >= 0.6 is 0 Å². The van der Waals surface area contributed by atoms with Crippen molar-refractivity contribution in [1.82, 2.24) is 10.2 Å². The van der Waals surface area contributed by atoms with Crippen LogP contribution < -0.4 is 11.1 Å². The summed E-state index contributed by atoms with van der Waals surface area (Å²) in [6.07, 6.45) is 0. The summed E-state index contributed by atoms with van der Waals surface area (Å²) in [5, 5.41) is 14.4. The van der Waals surface area contributed by atoms with Crippen LogP contribution in [0.2, 0.25) is 0 Å². The van der Waals surface area contributed by atoms with E-state index in [4.69, 9.17) is 15.7 Å². The number of carbonyl (C=O) groups is 1. The first kappa shape index (κ1) is 14.1. The van der Waals surface area contributed by atoms with E-state index in [9.17, 15) is 4.79 Å². The number of hydrogen-bond donors (Lipinski definition) is 3. The topological polar surface area (TPSA) is 100 Å². The van der Waals surface area contributed by atoms with Gasteiger partial charge in [0.2, 0.25) is 0 Å². The van der Waals surface area contributed by atoms with Gasteiger partial charge in [0.1, 0.15) is 0 Å². The molecule has 1 heterocycles. The molecule has 4 N–H and O–H groups in total. The number of carbonyl (C=O) groups excluding carboxylic acids is 1. The number of hydrogen-bond acceptors (Lipinski definition) is 4. The van der Waals surface area contributed by atoms with Gasteiger partial charge in [-0.3, -0.25) is 0 Å². The molecule has 7 heteroatoms. The Morgan fingerprint density at radius 1 is 1.45 bits per heavy atom. The molecule has 20 heavy (non-hydrogen) atoms. The number of nitrogens with one attached hydrogen (secondary N) is 1. The van der Waals surface area contributed by atoms with E-state index >= 15 is 0 Å². The maximum atomic E-state index is 11.9.